The van der Waals surface area contributed by atoms with Gasteiger partial charge in [0.25, 0.3) is 5.56 Å². The molecule has 0 unspecified atom stereocenters. The first-order chi connectivity index (χ1) is 10.7. The van der Waals surface area contributed by atoms with E-state index in [1.165, 1.54) is 19.3 Å². The minimum atomic E-state index is -0.0498. The monoisotopic (exact) mass is 301 g/mol. The zero-order chi connectivity index (χ0) is 15.5. The van der Waals surface area contributed by atoms with Gasteiger partial charge in [0, 0.05) is 11.5 Å². The van der Waals surface area contributed by atoms with E-state index in [-0.39, 0.29) is 5.56 Å². The van der Waals surface area contributed by atoms with Gasteiger partial charge in [0.15, 0.2) is 0 Å². The second-order valence-electron chi connectivity index (χ2n) is 6.03. The van der Waals surface area contributed by atoms with Gasteiger partial charge in [-0.3, -0.25) is 4.79 Å². The standard InChI is InChI=1S/C18H23NO3/c1-3-5-15-17(22-11-12-6-4-7-12)14-9-8-13(21-2)10-16(14)19-18(15)20/h8-10,12H,3-7,11H2,1-2H3,(H,19,20). The average Bonchev–Trinajstić information content (AvgIpc) is 2.47. The predicted molar refractivity (Wildman–Crippen MR) is 88.0 cm³/mol. The van der Waals surface area contributed by atoms with Gasteiger partial charge in [-0.05, 0) is 37.3 Å². The zero-order valence-electron chi connectivity index (χ0n) is 13.3. The highest BCUT2D eigenvalue weighted by Crippen LogP contribution is 2.32. The first kappa shape index (κ1) is 14.9. The Bertz CT molecular complexity index is 716. The van der Waals surface area contributed by atoms with Gasteiger partial charge in [-0.15, -0.1) is 0 Å². The van der Waals surface area contributed by atoms with Crippen LogP contribution in [0.15, 0.2) is 23.0 Å². The van der Waals surface area contributed by atoms with Crippen molar-refractivity contribution in [2.75, 3.05) is 13.7 Å². The molecule has 1 fully saturated rings. The van der Waals surface area contributed by atoms with Crippen LogP contribution in [0.1, 0.15) is 38.2 Å². The number of nitrogens with one attached hydrogen (secondary N) is 1. The van der Waals surface area contributed by atoms with E-state index >= 15 is 0 Å². The molecule has 1 aliphatic rings. The summed E-state index contributed by atoms with van der Waals surface area (Å²) in [6.45, 7) is 2.79. The van der Waals surface area contributed by atoms with Crippen LogP contribution in [-0.4, -0.2) is 18.7 Å². The molecule has 0 spiro atoms. The van der Waals surface area contributed by atoms with Crippen LogP contribution in [-0.2, 0) is 6.42 Å². The zero-order valence-corrected chi connectivity index (χ0v) is 13.3. The van der Waals surface area contributed by atoms with Crippen LogP contribution in [0.3, 0.4) is 0 Å². The number of H-pyrrole nitrogens is 1. The molecule has 4 nitrogen and oxygen atoms in total. The third kappa shape index (κ3) is 2.82. The fourth-order valence-electron chi connectivity index (χ4n) is 2.92. The first-order valence-electron chi connectivity index (χ1n) is 8.08. The van der Waals surface area contributed by atoms with Crippen LogP contribution >= 0.6 is 0 Å². The summed E-state index contributed by atoms with van der Waals surface area (Å²) in [5, 5.41) is 0.961. The minimum Gasteiger partial charge on any atom is -0.497 e. The summed E-state index contributed by atoms with van der Waals surface area (Å²) in [6.07, 6.45) is 5.42. The van der Waals surface area contributed by atoms with Crippen LogP contribution in [0.5, 0.6) is 11.5 Å². The molecule has 0 bridgehead atoms. The number of hydrogen-bond donors (Lipinski definition) is 1. The molecule has 1 N–H and O–H groups in total. The highest BCUT2D eigenvalue weighted by atomic mass is 16.5. The Morgan fingerprint density at radius 2 is 2.14 bits per heavy atom. The topological polar surface area (TPSA) is 51.3 Å². The van der Waals surface area contributed by atoms with Gasteiger partial charge in [0.05, 0.1) is 24.8 Å². The summed E-state index contributed by atoms with van der Waals surface area (Å²) < 4.78 is 11.3. The number of hydrogen-bond acceptors (Lipinski definition) is 3. The largest absolute Gasteiger partial charge is 0.497 e. The third-order valence-electron chi connectivity index (χ3n) is 4.46. The van der Waals surface area contributed by atoms with Gasteiger partial charge in [-0.2, -0.15) is 0 Å². The molecule has 118 valence electrons. The van der Waals surface area contributed by atoms with E-state index in [1.54, 1.807) is 7.11 Å². The van der Waals surface area contributed by atoms with E-state index in [9.17, 15) is 4.79 Å². The quantitative estimate of drug-likeness (QED) is 0.885. The second kappa shape index (κ2) is 6.42. The maximum Gasteiger partial charge on any atom is 0.255 e. The molecule has 1 aromatic heterocycles. The third-order valence-corrected chi connectivity index (χ3v) is 4.46. The molecule has 3 rings (SSSR count). The van der Waals surface area contributed by atoms with Crippen molar-refractivity contribution in [3.63, 3.8) is 0 Å². The Balaban J connectivity index is 2.05. The number of aromatic nitrogens is 1. The van der Waals surface area contributed by atoms with Crippen molar-refractivity contribution >= 4 is 10.9 Å². The van der Waals surface area contributed by atoms with Gasteiger partial charge in [0.2, 0.25) is 0 Å². The summed E-state index contributed by atoms with van der Waals surface area (Å²) in [5.74, 6) is 2.13. The number of aromatic amines is 1. The lowest BCUT2D eigenvalue weighted by Gasteiger charge is -2.26. The summed E-state index contributed by atoms with van der Waals surface area (Å²) >= 11 is 0. The number of methoxy groups -OCH3 is 1. The first-order valence-corrected chi connectivity index (χ1v) is 8.08. The summed E-state index contributed by atoms with van der Waals surface area (Å²) in [6, 6.07) is 5.73. The van der Waals surface area contributed by atoms with E-state index in [4.69, 9.17) is 9.47 Å². The number of rotatable bonds is 6. The van der Waals surface area contributed by atoms with Gasteiger partial charge in [-0.25, -0.2) is 0 Å². The van der Waals surface area contributed by atoms with Crippen molar-refractivity contribution < 1.29 is 9.47 Å². The van der Waals surface area contributed by atoms with Crippen molar-refractivity contribution in [1.29, 1.82) is 0 Å². The van der Waals surface area contributed by atoms with E-state index in [2.05, 4.69) is 11.9 Å². The number of fused-ring (bicyclic) bond motifs is 1. The van der Waals surface area contributed by atoms with Gasteiger partial charge < -0.3 is 14.5 Å². The maximum atomic E-state index is 12.4. The molecule has 1 aliphatic carbocycles. The fraction of sp³-hybridized carbons (Fsp3) is 0.500. The molecule has 0 aliphatic heterocycles. The molecule has 2 aromatic rings. The molecule has 0 radical (unpaired) electrons. The summed E-state index contributed by atoms with van der Waals surface area (Å²) in [4.78, 5) is 15.4. The fourth-order valence-corrected chi connectivity index (χ4v) is 2.92. The van der Waals surface area contributed by atoms with E-state index in [1.807, 2.05) is 18.2 Å². The molecular formula is C18H23NO3. The molecule has 0 saturated heterocycles. The SMILES string of the molecule is CCCc1c(OCC2CCC2)c2ccc(OC)cc2[nH]c1=O. The maximum absolute atomic E-state index is 12.4. The average molecular weight is 301 g/mol. The smallest absolute Gasteiger partial charge is 0.255 e. The van der Waals surface area contributed by atoms with Crippen molar-refractivity contribution in [2.45, 2.75) is 39.0 Å². The van der Waals surface area contributed by atoms with Crippen LogP contribution < -0.4 is 15.0 Å². The Morgan fingerprint density at radius 1 is 1.32 bits per heavy atom. The Kier molecular flexibility index (Phi) is 4.36. The Hall–Kier alpha value is -1.97. The molecule has 0 atom stereocenters. The van der Waals surface area contributed by atoms with Crippen LogP contribution in [0.25, 0.3) is 10.9 Å². The summed E-state index contributed by atoms with van der Waals surface area (Å²) in [7, 11) is 1.62. The van der Waals surface area contributed by atoms with E-state index in [0.29, 0.717) is 12.5 Å². The normalized spacial score (nSPS) is 14.8. The van der Waals surface area contributed by atoms with Crippen LogP contribution in [0.2, 0.25) is 0 Å². The lowest BCUT2D eigenvalue weighted by Crippen LogP contribution is -2.22. The van der Waals surface area contributed by atoms with Gasteiger partial charge in [0.1, 0.15) is 11.5 Å². The molecule has 4 heteroatoms. The van der Waals surface area contributed by atoms with Gasteiger partial charge in [-0.1, -0.05) is 19.8 Å². The number of pyridine rings is 1. The van der Waals surface area contributed by atoms with Crippen molar-refractivity contribution in [1.82, 2.24) is 4.98 Å². The Labute approximate surface area is 130 Å². The Morgan fingerprint density at radius 3 is 2.77 bits per heavy atom. The van der Waals surface area contributed by atoms with Crippen LogP contribution in [0, 0.1) is 5.92 Å². The van der Waals surface area contributed by atoms with Crippen molar-refractivity contribution in [2.24, 2.45) is 5.92 Å². The highest BCUT2D eigenvalue weighted by molar-refractivity contribution is 5.87. The summed E-state index contributed by atoms with van der Waals surface area (Å²) in [5.41, 5.74) is 1.48. The van der Waals surface area contributed by atoms with E-state index in [0.717, 1.165) is 40.8 Å². The van der Waals surface area contributed by atoms with Crippen molar-refractivity contribution in [3.8, 4) is 11.5 Å². The van der Waals surface area contributed by atoms with E-state index < -0.39 is 0 Å². The molecule has 1 aromatic carbocycles. The molecule has 1 saturated carbocycles. The lowest BCUT2D eigenvalue weighted by molar-refractivity contribution is 0.181. The number of ether oxygens (including phenoxy) is 2. The van der Waals surface area contributed by atoms with Gasteiger partial charge >= 0.3 is 0 Å². The lowest BCUT2D eigenvalue weighted by atomic mass is 9.86. The predicted octanol–water partition coefficient (Wildman–Crippen LogP) is 3.67. The number of benzene rings is 1. The minimum absolute atomic E-state index is 0.0498. The molecular weight excluding hydrogens is 278 g/mol. The highest BCUT2D eigenvalue weighted by Gasteiger charge is 2.20. The molecule has 1 heterocycles. The second-order valence-corrected chi connectivity index (χ2v) is 6.03. The van der Waals surface area contributed by atoms with Crippen molar-refractivity contribution in [3.05, 3.63) is 34.1 Å². The van der Waals surface area contributed by atoms with Crippen LogP contribution in [0.4, 0.5) is 0 Å². The molecule has 0 amide bonds. The molecule has 22 heavy (non-hydrogen) atoms.